The Morgan fingerprint density at radius 3 is 0.643 bits per heavy atom. The van der Waals surface area contributed by atoms with Crippen molar-refractivity contribution < 1.29 is 119 Å². The zero-order valence-electron chi connectivity index (χ0n) is 7.57. The van der Waals surface area contributed by atoms with Gasteiger partial charge in [-0.15, -0.1) is 0 Å². The van der Waals surface area contributed by atoms with Crippen LogP contribution in [0.3, 0.4) is 0 Å². The quantitative estimate of drug-likeness (QED) is 0.310. The molecule has 0 spiro atoms. The van der Waals surface area contributed by atoms with Gasteiger partial charge in [0.2, 0.25) is 0 Å². The SMILES string of the molecule is O=P([O-])([O-])[O-].O=P([O-])([O-])[O-].[Ca+2].[Ca+2].[K+].[Na+]. The van der Waals surface area contributed by atoms with E-state index >= 15 is 0 Å². The standard InChI is InChI=1S/2Ca.K.Na.2H3O4P/c;;;;2*1-5(2,3)4/h;;;;2*(H3,1,2,3,4)/q2*+2;2*+1;;/p-6. The fourth-order valence-electron chi connectivity index (χ4n) is 0. The predicted octanol–water partition coefficient (Wildman–Crippen LogP) is -12.4. The second-order valence-electron chi connectivity index (χ2n) is 0.894. The summed E-state index contributed by atoms with van der Waals surface area (Å²) >= 11 is 0. The van der Waals surface area contributed by atoms with Crippen molar-refractivity contribution in [2.45, 2.75) is 0 Å². The summed E-state index contributed by atoms with van der Waals surface area (Å²) in [5.41, 5.74) is 0. The van der Waals surface area contributed by atoms with Gasteiger partial charge in [-0.25, -0.2) is 0 Å². The molecule has 0 aliphatic carbocycles. The molecule has 64 valence electrons. The van der Waals surface area contributed by atoms with Crippen LogP contribution in [0.1, 0.15) is 0 Å². The second kappa shape index (κ2) is 18.4. The maximum absolute atomic E-state index is 8.55. The zero-order valence-corrected chi connectivity index (χ0v) is 18.9. The molecule has 14 heteroatoms. The van der Waals surface area contributed by atoms with Gasteiger partial charge in [0.15, 0.2) is 0 Å². The molecule has 0 saturated heterocycles. The van der Waals surface area contributed by atoms with Crippen molar-refractivity contribution in [3.63, 3.8) is 0 Å². The average molecular weight is 332 g/mol. The molecule has 0 aliphatic rings. The van der Waals surface area contributed by atoms with Gasteiger partial charge in [0.1, 0.15) is 0 Å². The molecule has 0 aliphatic heterocycles. The van der Waals surface area contributed by atoms with Gasteiger partial charge < -0.3 is 38.5 Å². The first-order chi connectivity index (χ1) is 4.00. The molecule has 0 amide bonds. The number of hydrogen-bond donors (Lipinski definition) is 0. The molecule has 0 aromatic carbocycles. The van der Waals surface area contributed by atoms with Crippen molar-refractivity contribution in [1.82, 2.24) is 0 Å². The summed E-state index contributed by atoms with van der Waals surface area (Å²) in [4.78, 5) is 51.3. The van der Waals surface area contributed by atoms with Crippen LogP contribution in [0.4, 0.5) is 0 Å². The molecule has 0 bridgehead atoms. The van der Waals surface area contributed by atoms with E-state index in [9.17, 15) is 0 Å². The van der Waals surface area contributed by atoms with Crippen molar-refractivity contribution in [3.8, 4) is 0 Å². The van der Waals surface area contributed by atoms with Gasteiger partial charge in [0.25, 0.3) is 0 Å². The van der Waals surface area contributed by atoms with E-state index in [1.807, 2.05) is 0 Å². The molecule has 0 aromatic rings. The Bertz CT molecular complexity index is 138. The Morgan fingerprint density at radius 1 is 0.643 bits per heavy atom. The van der Waals surface area contributed by atoms with Crippen molar-refractivity contribution >= 4 is 91.1 Å². The van der Waals surface area contributed by atoms with E-state index < -0.39 is 15.6 Å². The fourth-order valence-corrected chi connectivity index (χ4v) is 0. The summed E-state index contributed by atoms with van der Waals surface area (Å²) in [5.74, 6) is 0. The predicted molar refractivity (Wildman–Crippen MR) is 26.7 cm³/mol. The molecule has 0 unspecified atom stereocenters. The van der Waals surface area contributed by atoms with E-state index in [1.165, 1.54) is 0 Å². The van der Waals surface area contributed by atoms with Gasteiger partial charge in [-0.1, -0.05) is 0 Å². The third-order valence-corrected chi connectivity index (χ3v) is 0. The Labute approximate surface area is 205 Å². The summed E-state index contributed by atoms with van der Waals surface area (Å²) in [5, 5.41) is 0. The van der Waals surface area contributed by atoms with Crippen LogP contribution in [0.2, 0.25) is 0 Å². The molecule has 8 nitrogen and oxygen atoms in total. The van der Waals surface area contributed by atoms with E-state index in [-0.39, 0.29) is 156 Å². The first-order valence-corrected chi connectivity index (χ1v) is 4.38. The maximum Gasteiger partial charge on any atom is 2.00 e. The molecular weight excluding hydrogens is 332 g/mol. The first kappa shape index (κ1) is 36.6. The monoisotopic (exact) mass is 332 g/mol. The minimum Gasteiger partial charge on any atom is -0.822 e. The molecule has 0 aromatic heterocycles. The summed E-state index contributed by atoms with van der Waals surface area (Å²) in [6.45, 7) is 0. The summed E-state index contributed by atoms with van der Waals surface area (Å²) in [6.07, 6.45) is 0. The largest absolute Gasteiger partial charge is 2.00 e. The molecule has 0 atom stereocenters. The van der Waals surface area contributed by atoms with Crippen LogP contribution in [0.5, 0.6) is 0 Å². The Hall–Kier alpha value is 5.38. The van der Waals surface area contributed by atoms with Crippen LogP contribution >= 0.6 is 15.6 Å². The van der Waals surface area contributed by atoms with Crippen molar-refractivity contribution in [2.24, 2.45) is 0 Å². The normalized spacial score (nSPS) is 8.43. The van der Waals surface area contributed by atoms with Gasteiger partial charge in [0, 0.05) is 0 Å². The van der Waals surface area contributed by atoms with Crippen LogP contribution in [0.15, 0.2) is 0 Å². The average Bonchev–Trinajstić information content (AvgIpc) is 1.12. The molecule has 0 heterocycles. The third kappa shape index (κ3) is 161. The van der Waals surface area contributed by atoms with E-state index in [2.05, 4.69) is 0 Å². The topological polar surface area (TPSA) is 172 Å². The number of phosphoric acid groups is 2. The van der Waals surface area contributed by atoms with Gasteiger partial charge in [0.05, 0.1) is 0 Å². The van der Waals surface area contributed by atoms with E-state index in [0.717, 1.165) is 0 Å². The van der Waals surface area contributed by atoms with Crippen LogP contribution in [-0.4, -0.2) is 75.5 Å². The first-order valence-electron chi connectivity index (χ1n) is 1.46. The van der Waals surface area contributed by atoms with Crippen molar-refractivity contribution in [2.75, 3.05) is 0 Å². The maximum atomic E-state index is 8.55. The molecule has 0 radical (unpaired) electrons. The van der Waals surface area contributed by atoms with Crippen LogP contribution < -0.4 is 110 Å². The Morgan fingerprint density at radius 2 is 0.643 bits per heavy atom. The molecule has 0 fully saturated rings. The summed E-state index contributed by atoms with van der Waals surface area (Å²) < 4.78 is 17.1. The molecule has 0 rings (SSSR count). The minimum atomic E-state index is -5.39. The van der Waals surface area contributed by atoms with Crippen LogP contribution in [0.25, 0.3) is 0 Å². The fraction of sp³-hybridized carbons (Fsp3) is 0. The van der Waals surface area contributed by atoms with E-state index in [4.69, 9.17) is 38.5 Å². The summed E-state index contributed by atoms with van der Waals surface area (Å²) in [7, 11) is -10.8. The van der Waals surface area contributed by atoms with Crippen molar-refractivity contribution in [1.29, 1.82) is 0 Å². The Balaban J connectivity index is -0.0000000178. The molecule has 14 heavy (non-hydrogen) atoms. The Kier molecular flexibility index (Phi) is 48.0. The van der Waals surface area contributed by atoms with Crippen molar-refractivity contribution in [3.05, 3.63) is 0 Å². The third-order valence-electron chi connectivity index (χ3n) is 0. The van der Waals surface area contributed by atoms with E-state index in [1.54, 1.807) is 0 Å². The molecule has 0 saturated carbocycles. The second-order valence-corrected chi connectivity index (χ2v) is 2.68. The van der Waals surface area contributed by atoms with Crippen LogP contribution in [0, 0.1) is 0 Å². The van der Waals surface area contributed by atoms with Gasteiger partial charge in [-0.05, 0) is 0 Å². The summed E-state index contributed by atoms with van der Waals surface area (Å²) in [6, 6.07) is 0. The van der Waals surface area contributed by atoms with Gasteiger partial charge in [-0.3, -0.25) is 0 Å². The smallest absolute Gasteiger partial charge is 0.822 e. The van der Waals surface area contributed by atoms with Crippen LogP contribution in [-0.2, 0) is 9.13 Å². The zero-order chi connectivity index (χ0) is 9.00. The van der Waals surface area contributed by atoms with Gasteiger partial charge >= 0.3 is 156 Å². The molecular formula is Ca2KNaO8P2. The number of rotatable bonds is 0. The van der Waals surface area contributed by atoms with E-state index in [0.29, 0.717) is 0 Å². The minimum absolute atomic E-state index is 0. The number of hydrogen-bond acceptors (Lipinski definition) is 8. The van der Waals surface area contributed by atoms with Gasteiger partial charge in [-0.2, -0.15) is 15.6 Å². The molecule has 0 N–H and O–H groups in total.